The Morgan fingerprint density at radius 3 is 2.03 bits per heavy atom. The maximum absolute atomic E-state index is 12.8. The number of azo groups is 1. The molecule has 0 aliphatic rings. The van der Waals surface area contributed by atoms with Gasteiger partial charge in [0, 0.05) is 12.1 Å². The van der Waals surface area contributed by atoms with E-state index in [0.29, 0.717) is 0 Å². The van der Waals surface area contributed by atoms with Gasteiger partial charge in [0.1, 0.15) is 27.0 Å². The molecule has 0 fully saturated rings. The van der Waals surface area contributed by atoms with Gasteiger partial charge in [0.2, 0.25) is 6.04 Å². The Balaban J connectivity index is 2.46. The summed E-state index contributed by atoms with van der Waals surface area (Å²) in [6.45, 7) is 2.42. The smallest absolute Gasteiger partial charge is 0.296 e. The van der Waals surface area contributed by atoms with E-state index in [0.717, 1.165) is 25.1 Å². The van der Waals surface area contributed by atoms with E-state index in [1.54, 1.807) is 0 Å². The number of ether oxygens (including phenoxy) is 2. The molecule has 2 rings (SSSR count). The molecule has 0 aliphatic heterocycles. The zero-order chi connectivity index (χ0) is 26.7. The highest BCUT2D eigenvalue weighted by Crippen LogP contribution is 2.34. The monoisotopic (exact) mass is 530 g/mol. The number of nitrogens with one attached hydrogen (secondary N) is 1. The third-order valence-electron chi connectivity index (χ3n) is 4.54. The lowest BCUT2D eigenvalue weighted by Crippen LogP contribution is -2.32. The van der Waals surface area contributed by atoms with Gasteiger partial charge in [-0.3, -0.25) is 18.7 Å². The van der Waals surface area contributed by atoms with Crippen molar-refractivity contribution >= 4 is 49.0 Å². The second-order valence-corrected chi connectivity index (χ2v) is 9.83. The molecule has 0 heterocycles. The van der Waals surface area contributed by atoms with Crippen LogP contribution in [0.4, 0.5) is 17.1 Å². The highest BCUT2D eigenvalue weighted by atomic mass is 32.2. The third-order valence-corrected chi connectivity index (χ3v) is 6.44. The van der Waals surface area contributed by atoms with Crippen molar-refractivity contribution in [3.8, 4) is 11.5 Å². The fourth-order valence-electron chi connectivity index (χ4n) is 2.88. The summed E-state index contributed by atoms with van der Waals surface area (Å²) in [6, 6.07) is 2.38. The fourth-order valence-corrected chi connectivity index (χ4v) is 4.22. The number of carbonyl (C=O) groups is 2. The Hall–Kier alpha value is -3.60. The number of nitrogen functional groups attached to an aromatic ring is 1. The van der Waals surface area contributed by atoms with E-state index in [4.69, 9.17) is 15.2 Å². The summed E-state index contributed by atoms with van der Waals surface area (Å²) in [7, 11) is -6.88. The van der Waals surface area contributed by atoms with Crippen LogP contribution in [-0.4, -0.2) is 57.9 Å². The molecule has 1 unspecified atom stereocenters. The van der Waals surface area contributed by atoms with Crippen LogP contribution in [0.3, 0.4) is 0 Å². The van der Waals surface area contributed by atoms with Crippen LogP contribution >= 0.6 is 0 Å². The first kappa shape index (κ1) is 27.6. The van der Waals surface area contributed by atoms with E-state index in [2.05, 4.69) is 15.5 Å². The van der Waals surface area contributed by atoms with Gasteiger partial charge in [0.15, 0.2) is 5.78 Å². The summed E-state index contributed by atoms with van der Waals surface area (Å²) in [5, 5.41) is 9.80. The topological polar surface area (TPSA) is 224 Å². The highest BCUT2D eigenvalue weighted by Gasteiger charge is 2.26. The minimum Gasteiger partial charge on any atom is -0.494 e. The van der Waals surface area contributed by atoms with Crippen molar-refractivity contribution in [1.29, 1.82) is 0 Å². The second-order valence-electron chi connectivity index (χ2n) is 7.05. The number of aryl methyl sites for hydroxylation is 1. The van der Waals surface area contributed by atoms with Gasteiger partial charge in [-0.15, -0.1) is 0 Å². The number of amides is 1. The summed E-state index contributed by atoms with van der Waals surface area (Å²) >= 11 is 0. The Labute approximate surface area is 200 Å². The summed E-state index contributed by atoms with van der Waals surface area (Å²) in [4.78, 5) is 23.7. The van der Waals surface area contributed by atoms with Crippen LogP contribution in [0, 0.1) is 6.92 Å². The number of nitrogens with two attached hydrogens (primary N) is 1. The molecule has 5 N–H and O–H groups in total. The number of hydrogen-bond donors (Lipinski definition) is 4. The van der Waals surface area contributed by atoms with Gasteiger partial charge in [-0.1, -0.05) is 0 Å². The van der Waals surface area contributed by atoms with Crippen LogP contribution < -0.4 is 20.5 Å². The Kier molecular flexibility index (Phi) is 8.17. The van der Waals surface area contributed by atoms with Gasteiger partial charge in [-0.2, -0.15) is 27.1 Å². The van der Waals surface area contributed by atoms with Crippen LogP contribution in [0.2, 0.25) is 0 Å². The minimum atomic E-state index is -4.74. The van der Waals surface area contributed by atoms with Crippen molar-refractivity contribution in [3.05, 3.63) is 29.8 Å². The molecular formula is C19H22N4O10S2. The van der Waals surface area contributed by atoms with Crippen molar-refractivity contribution in [3.63, 3.8) is 0 Å². The first-order valence-electron chi connectivity index (χ1n) is 9.43. The standard InChI is InChI=1S/C19H22N4O10S2/c1-9-5-13(15(33-4)8-16(9)34(26,27)28)22-23-18(10(2)24)19(25)21-12-7-17(35(29,30)31)11(20)6-14(12)32-3/h5-8,18H,20H2,1-4H3,(H,21,25)(H,26,27,28)(H,29,30,31). The largest absolute Gasteiger partial charge is 0.494 e. The van der Waals surface area contributed by atoms with Gasteiger partial charge in [-0.05, 0) is 31.5 Å². The fraction of sp³-hybridized carbons (Fsp3) is 0.263. The lowest BCUT2D eigenvalue weighted by molar-refractivity contribution is -0.126. The molecule has 2 aromatic carbocycles. The SMILES string of the molecule is COc1cc(S(=O)(=O)O)c(C)cc1N=NC(C(C)=O)C(=O)Nc1cc(S(=O)(=O)O)c(N)cc1OC. The zero-order valence-electron chi connectivity index (χ0n) is 18.8. The summed E-state index contributed by atoms with van der Waals surface area (Å²) < 4.78 is 74.8. The van der Waals surface area contributed by atoms with Gasteiger partial charge < -0.3 is 20.5 Å². The van der Waals surface area contributed by atoms with Gasteiger partial charge in [0.05, 0.1) is 25.6 Å². The normalized spacial score (nSPS) is 12.9. The number of benzene rings is 2. The van der Waals surface area contributed by atoms with E-state index >= 15 is 0 Å². The van der Waals surface area contributed by atoms with Crippen LogP contribution in [0.25, 0.3) is 0 Å². The van der Waals surface area contributed by atoms with Crippen molar-refractivity contribution in [2.24, 2.45) is 10.2 Å². The maximum Gasteiger partial charge on any atom is 0.296 e. The van der Waals surface area contributed by atoms with E-state index in [1.165, 1.54) is 27.2 Å². The average Bonchev–Trinajstić information content (AvgIpc) is 2.72. The predicted octanol–water partition coefficient (Wildman–Crippen LogP) is 1.77. The van der Waals surface area contributed by atoms with Crippen LogP contribution in [0.15, 0.2) is 44.3 Å². The molecule has 0 saturated heterocycles. The molecule has 0 bridgehead atoms. The molecule has 0 aromatic heterocycles. The summed E-state index contributed by atoms with van der Waals surface area (Å²) in [5.74, 6) is -1.97. The molecule has 2 aromatic rings. The molecule has 1 atom stereocenters. The van der Waals surface area contributed by atoms with Crippen molar-refractivity contribution in [2.45, 2.75) is 29.7 Å². The quantitative estimate of drug-likeness (QED) is 0.158. The molecular weight excluding hydrogens is 508 g/mol. The molecule has 1 amide bonds. The van der Waals surface area contributed by atoms with Crippen molar-refractivity contribution in [1.82, 2.24) is 0 Å². The number of rotatable bonds is 9. The highest BCUT2D eigenvalue weighted by molar-refractivity contribution is 7.86. The molecule has 14 nitrogen and oxygen atoms in total. The molecule has 190 valence electrons. The Bertz CT molecular complexity index is 1420. The maximum atomic E-state index is 12.8. The zero-order valence-corrected chi connectivity index (χ0v) is 20.5. The summed E-state index contributed by atoms with van der Waals surface area (Å²) in [5.41, 5.74) is 5.07. The number of carbonyl (C=O) groups excluding carboxylic acids is 2. The number of hydrogen-bond acceptors (Lipinski definition) is 11. The third kappa shape index (κ3) is 6.50. The molecule has 0 saturated carbocycles. The lowest BCUT2D eigenvalue weighted by atomic mass is 10.2. The van der Waals surface area contributed by atoms with Crippen LogP contribution in [0.1, 0.15) is 12.5 Å². The van der Waals surface area contributed by atoms with Crippen molar-refractivity contribution < 1.29 is 45.0 Å². The van der Waals surface area contributed by atoms with Gasteiger partial charge in [-0.25, -0.2) is 0 Å². The molecule has 0 radical (unpaired) electrons. The summed E-state index contributed by atoms with van der Waals surface area (Å²) in [6.07, 6.45) is 0. The van der Waals surface area contributed by atoms with Gasteiger partial charge in [0.25, 0.3) is 26.1 Å². The van der Waals surface area contributed by atoms with E-state index in [9.17, 15) is 35.5 Å². The number of methoxy groups -OCH3 is 2. The Morgan fingerprint density at radius 2 is 1.54 bits per heavy atom. The average molecular weight is 531 g/mol. The molecule has 16 heteroatoms. The molecule has 35 heavy (non-hydrogen) atoms. The lowest BCUT2D eigenvalue weighted by Gasteiger charge is -2.15. The van der Waals surface area contributed by atoms with E-state index < -0.39 is 47.8 Å². The first-order valence-corrected chi connectivity index (χ1v) is 12.3. The molecule has 0 spiro atoms. The first-order chi connectivity index (χ1) is 16.1. The van der Waals surface area contributed by atoms with E-state index in [1.807, 2.05) is 0 Å². The minimum absolute atomic E-state index is 0.0461. The van der Waals surface area contributed by atoms with Gasteiger partial charge >= 0.3 is 0 Å². The number of nitrogens with zero attached hydrogens (tertiary/aromatic N) is 2. The number of ketones is 1. The van der Waals surface area contributed by atoms with Crippen LogP contribution in [0.5, 0.6) is 11.5 Å². The Morgan fingerprint density at radius 1 is 0.971 bits per heavy atom. The van der Waals surface area contributed by atoms with E-state index in [-0.39, 0.29) is 34.1 Å². The predicted molar refractivity (Wildman–Crippen MR) is 122 cm³/mol. The van der Waals surface area contributed by atoms with Crippen molar-refractivity contribution in [2.75, 3.05) is 25.3 Å². The number of anilines is 2. The second kappa shape index (κ2) is 10.3. The molecule has 0 aliphatic carbocycles. The number of Topliss-reactive ketones (excluding diaryl/α,β-unsaturated/α-hetero) is 1. The van der Waals surface area contributed by atoms with Crippen LogP contribution in [-0.2, 0) is 29.8 Å².